The maximum atomic E-state index is 12.4. The van der Waals surface area contributed by atoms with E-state index < -0.39 is 0 Å². The molecule has 0 saturated carbocycles. The predicted molar refractivity (Wildman–Crippen MR) is 147 cm³/mol. The van der Waals surface area contributed by atoms with E-state index in [0.29, 0.717) is 12.1 Å². The van der Waals surface area contributed by atoms with E-state index in [0.717, 1.165) is 49.3 Å². The molecule has 5 nitrogen and oxygen atoms in total. The number of carbonyl (C=O) groups excluding carboxylic acids is 1. The minimum Gasteiger partial charge on any atom is -0.497 e. The number of hydrogen-bond donors (Lipinski definition) is 1. The van der Waals surface area contributed by atoms with Gasteiger partial charge in [-0.05, 0) is 105 Å². The quantitative estimate of drug-likeness (QED) is 0.263. The lowest BCUT2D eigenvalue weighted by atomic mass is 9.94. The molecule has 1 aromatic heterocycles. The first-order chi connectivity index (χ1) is 17.4. The fraction of sp³-hybridized carbons (Fsp3) is 0.355. The van der Waals surface area contributed by atoms with Gasteiger partial charge < -0.3 is 14.6 Å². The van der Waals surface area contributed by atoms with Crippen LogP contribution in [0.3, 0.4) is 0 Å². The smallest absolute Gasteiger partial charge is 0.251 e. The molecule has 4 aromatic rings. The first kappa shape index (κ1) is 25.5. The monoisotopic (exact) mass is 483 g/mol. The molecular formula is C31H37N3O2. The van der Waals surface area contributed by atoms with Crippen molar-refractivity contribution in [3.8, 4) is 5.75 Å². The molecule has 0 fully saturated rings. The zero-order chi connectivity index (χ0) is 25.7. The van der Waals surface area contributed by atoms with E-state index in [1.807, 2.05) is 12.1 Å². The van der Waals surface area contributed by atoms with Crippen LogP contribution in [0.2, 0.25) is 0 Å². The molecule has 0 unspecified atom stereocenters. The molecule has 1 amide bonds. The van der Waals surface area contributed by atoms with Gasteiger partial charge in [0.05, 0.1) is 18.1 Å². The zero-order valence-electron chi connectivity index (χ0n) is 22.1. The SMILES string of the molecule is COc1ccc(C(=O)NCCCCCc2nc3ccccc3n2Cc2c(C)c(C)cc(C)c2C)cc1. The number of rotatable bonds is 10. The molecule has 4 rings (SSSR count). The number of fused-ring (bicyclic) bond motifs is 1. The number of aromatic nitrogens is 2. The van der Waals surface area contributed by atoms with Crippen LogP contribution in [0, 0.1) is 27.7 Å². The second-order valence-corrected chi connectivity index (χ2v) is 9.64. The van der Waals surface area contributed by atoms with Gasteiger partial charge in [-0.15, -0.1) is 0 Å². The van der Waals surface area contributed by atoms with Gasteiger partial charge in [0.25, 0.3) is 5.91 Å². The van der Waals surface area contributed by atoms with Crippen molar-refractivity contribution in [2.45, 2.75) is 59.9 Å². The van der Waals surface area contributed by atoms with Crippen molar-refractivity contribution in [1.82, 2.24) is 14.9 Å². The van der Waals surface area contributed by atoms with Crippen LogP contribution in [0.25, 0.3) is 11.0 Å². The minimum atomic E-state index is -0.0429. The molecule has 36 heavy (non-hydrogen) atoms. The van der Waals surface area contributed by atoms with Crippen LogP contribution in [-0.4, -0.2) is 29.1 Å². The van der Waals surface area contributed by atoms with Crippen LogP contribution < -0.4 is 10.1 Å². The van der Waals surface area contributed by atoms with E-state index in [9.17, 15) is 4.79 Å². The summed E-state index contributed by atoms with van der Waals surface area (Å²) < 4.78 is 7.55. The van der Waals surface area contributed by atoms with Crippen LogP contribution >= 0.6 is 0 Å². The Bertz CT molecular complexity index is 1330. The van der Waals surface area contributed by atoms with Crippen molar-refractivity contribution in [2.75, 3.05) is 13.7 Å². The number of ether oxygens (including phenoxy) is 1. The second-order valence-electron chi connectivity index (χ2n) is 9.64. The van der Waals surface area contributed by atoms with Gasteiger partial charge in [-0.25, -0.2) is 4.98 Å². The molecule has 3 aromatic carbocycles. The van der Waals surface area contributed by atoms with Crippen molar-refractivity contribution in [3.05, 3.63) is 93.8 Å². The topological polar surface area (TPSA) is 56.1 Å². The fourth-order valence-electron chi connectivity index (χ4n) is 4.82. The molecule has 1 N–H and O–H groups in total. The van der Waals surface area contributed by atoms with Gasteiger partial charge in [-0.2, -0.15) is 0 Å². The first-order valence-electron chi connectivity index (χ1n) is 12.8. The maximum absolute atomic E-state index is 12.4. The number of methoxy groups -OCH3 is 1. The summed E-state index contributed by atoms with van der Waals surface area (Å²) in [5, 5.41) is 3.02. The Morgan fingerprint density at radius 3 is 2.31 bits per heavy atom. The molecule has 0 bridgehead atoms. The number of aryl methyl sites for hydroxylation is 3. The Kier molecular flexibility index (Phi) is 8.09. The highest BCUT2D eigenvalue weighted by Gasteiger charge is 2.15. The fourth-order valence-corrected chi connectivity index (χ4v) is 4.82. The van der Waals surface area contributed by atoms with Gasteiger partial charge in [-0.3, -0.25) is 4.79 Å². The number of unbranched alkanes of at least 4 members (excludes halogenated alkanes) is 2. The van der Waals surface area contributed by atoms with Crippen LogP contribution in [0.1, 0.15) is 63.3 Å². The van der Waals surface area contributed by atoms with Crippen molar-refractivity contribution in [2.24, 2.45) is 0 Å². The van der Waals surface area contributed by atoms with Crippen molar-refractivity contribution < 1.29 is 9.53 Å². The third-order valence-electron chi connectivity index (χ3n) is 7.29. The van der Waals surface area contributed by atoms with Crippen LogP contribution in [0.15, 0.2) is 54.6 Å². The van der Waals surface area contributed by atoms with Gasteiger partial charge in [0, 0.05) is 25.1 Å². The summed E-state index contributed by atoms with van der Waals surface area (Å²) in [6.07, 6.45) is 3.93. The molecule has 0 saturated heterocycles. The number of carbonyl (C=O) groups is 1. The Morgan fingerprint density at radius 1 is 0.917 bits per heavy atom. The van der Waals surface area contributed by atoms with E-state index in [1.165, 1.54) is 33.3 Å². The van der Waals surface area contributed by atoms with Gasteiger partial charge in [0.1, 0.15) is 11.6 Å². The lowest BCUT2D eigenvalue weighted by Gasteiger charge is -2.18. The van der Waals surface area contributed by atoms with E-state index in [-0.39, 0.29) is 5.91 Å². The highest BCUT2D eigenvalue weighted by Crippen LogP contribution is 2.26. The molecule has 1 heterocycles. The number of hydrogen-bond acceptors (Lipinski definition) is 3. The summed E-state index contributed by atoms with van der Waals surface area (Å²) >= 11 is 0. The van der Waals surface area contributed by atoms with Crippen LogP contribution in [0.4, 0.5) is 0 Å². The minimum absolute atomic E-state index is 0.0429. The number of nitrogens with zero attached hydrogens (tertiary/aromatic N) is 2. The number of para-hydroxylation sites is 2. The van der Waals surface area contributed by atoms with E-state index in [2.05, 4.69) is 67.9 Å². The second kappa shape index (κ2) is 11.4. The molecule has 188 valence electrons. The number of amides is 1. The van der Waals surface area contributed by atoms with Gasteiger partial charge in [0.15, 0.2) is 0 Å². The van der Waals surface area contributed by atoms with Crippen molar-refractivity contribution in [1.29, 1.82) is 0 Å². The number of imidazole rings is 1. The average molecular weight is 484 g/mol. The lowest BCUT2D eigenvalue weighted by Crippen LogP contribution is -2.24. The normalized spacial score (nSPS) is 11.1. The average Bonchev–Trinajstić information content (AvgIpc) is 3.24. The summed E-state index contributed by atoms with van der Waals surface area (Å²) in [6.45, 7) is 10.4. The van der Waals surface area contributed by atoms with Crippen molar-refractivity contribution in [3.63, 3.8) is 0 Å². The predicted octanol–water partition coefficient (Wildman–Crippen LogP) is 6.47. The third-order valence-corrected chi connectivity index (χ3v) is 7.29. The summed E-state index contributed by atoms with van der Waals surface area (Å²) in [6, 6.07) is 17.9. The van der Waals surface area contributed by atoms with Crippen LogP contribution in [-0.2, 0) is 13.0 Å². The van der Waals surface area contributed by atoms with E-state index in [4.69, 9.17) is 9.72 Å². The molecule has 0 radical (unpaired) electrons. The maximum Gasteiger partial charge on any atom is 0.251 e. The summed E-state index contributed by atoms with van der Waals surface area (Å²) in [7, 11) is 1.62. The summed E-state index contributed by atoms with van der Waals surface area (Å²) in [4.78, 5) is 17.3. The third kappa shape index (κ3) is 5.62. The molecule has 0 atom stereocenters. The highest BCUT2D eigenvalue weighted by atomic mass is 16.5. The Labute approximate surface area is 214 Å². The lowest BCUT2D eigenvalue weighted by molar-refractivity contribution is 0.0953. The molecule has 0 aliphatic rings. The van der Waals surface area contributed by atoms with Crippen LogP contribution in [0.5, 0.6) is 5.75 Å². The Hall–Kier alpha value is -3.60. The molecule has 0 aliphatic heterocycles. The molecular weight excluding hydrogens is 446 g/mol. The number of nitrogens with one attached hydrogen (secondary N) is 1. The highest BCUT2D eigenvalue weighted by molar-refractivity contribution is 5.94. The Morgan fingerprint density at radius 2 is 1.61 bits per heavy atom. The van der Waals surface area contributed by atoms with E-state index in [1.54, 1.807) is 19.2 Å². The largest absolute Gasteiger partial charge is 0.497 e. The molecule has 0 aliphatic carbocycles. The number of benzene rings is 3. The molecule has 0 spiro atoms. The van der Waals surface area contributed by atoms with E-state index >= 15 is 0 Å². The summed E-state index contributed by atoms with van der Waals surface area (Å²) in [5.74, 6) is 1.84. The first-order valence-corrected chi connectivity index (χ1v) is 12.8. The van der Waals surface area contributed by atoms with Crippen molar-refractivity contribution >= 4 is 16.9 Å². The molecule has 5 heteroatoms. The standard InChI is InChI=1S/C31H37N3O2/c1-21-19-22(2)24(4)27(23(21)3)20-34-29-12-9-8-11-28(29)33-30(34)13-7-6-10-18-32-31(35)25-14-16-26(36-5)17-15-25/h8-9,11-12,14-17,19H,6-7,10,13,18,20H2,1-5H3,(H,32,35). The van der Waals surface area contributed by atoms with Gasteiger partial charge in [-0.1, -0.05) is 24.6 Å². The zero-order valence-corrected chi connectivity index (χ0v) is 22.1. The van der Waals surface area contributed by atoms with Gasteiger partial charge in [0.2, 0.25) is 0 Å². The summed E-state index contributed by atoms with van der Waals surface area (Å²) in [5.41, 5.74) is 9.73. The van der Waals surface area contributed by atoms with Gasteiger partial charge >= 0.3 is 0 Å². The Balaban J connectivity index is 1.38.